The minimum atomic E-state index is -0.393. The second kappa shape index (κ2) is 6.39. The summed E-state index contributed by atoms with van der Waals surface area (Å²) in [5.41, 5.74) is 3.18. The molecule has 5 heteroatoms. The number of hydrogen-bond donors (Lipinski definition) is 1. The summed E-state index contributed by atoms with van der Waals surface area (Å²) in [6.45, 7) is 2.48. The van der Waals surface area contributed by atoms with Crippen molar-refractivity contribution < 1.29 is 13.9 Å². The number of furan rings is 1. The molecule has 0 aliphatic heterocycles. The van der Waals surface area contributed by atoms with Crippen LogP contribution in [0.2, 0.25) is 0 Å². The number of nitrogens with one attached hydrogen (secondary N) is 1. The summed E-state index contributed by atoms with van der Waals surface area (Å²) in [6, 6.07) is 10.7. The molecule has 0 spiro atoms. The van der Waals surface area contributed by atoms with Crippen LogP contribution in [-0.2, 0) is 0 Å². The highest BCUT2D eigenvalue weighted by Crippen LogP contribution is 2.15. The molecule has 0 aliphatic rings. The van der Waals surface area contributed by atoms with Crippen molar-refractivity contribution in [3.63, 3.8) is 0 Å². The first-order chi connectivity index (χ1) is 9.31. The van der Waals surface area contributed by atoms with Gasteiger partial charge in [-0.15, -0.1) is 0 Å². The summed E-state index contributed by atoms with van der Waals surface area (Å²) in [7, 11) is 0. The van der Waals surface area contributed by atoms with Gasteiger partial charge < -0.3 is 9.15 Å². The Bertz CT molecular complexity index is 562. The third-order valence-electron chi connectivity index (χ3n) is 2.33. The largest absolute Gasteiger partial charge is 0.493 e. The highest BCUT2D eigenvalue weighted by molar-refractivity contribution is 5.92. The topological polar surface area (TPSA) is 63.8 Å². The van der Waals surface area contributed by atoms with Crippen LogP contribution in [0.1, 0.15) is 23.0 Å². The Morgan fingerprint density at radius 2 is 2.21 bits per heavy atom. The molecule has 0 radical (unpaired) electrons. The quantitative estimate of drug-likeness (QED) is 0.661. The molecule has 2 aromatic rings. The number of carbonyl (C=O) groups excluding carboxylic acids is 1. The standard InChI is InChI=1S/C14H14N2O3/c1-2-18-12-7-4-3-6-11(12)10-15-16-14(17)13-8-5-9-19-13/h3-10H,2H2,1H3,(H,16,17). The van der Waals surface area contributed by atoms with Crippen LogP contribution in [0.3, 0.4) is 0 Å². The Balaban J connectivity index is 2.01. The maximum absolute atomic E-state index is 11.6. The predicted octanol–water partition coefficient (Wildman–Crippen LogP) is 2.44. The molecule has 0 atom stereocenters. The van der Waals surface area contributed by atoms with Crippen molar-refractivity contribution in [2.45, 2.75) is 6.92 Å². The second-order valence-corrected chi connectivity index (χ2v) is 3.65. The highest BCUT2D eigenvalue weighted by Gasteiger charge is 2.06. The van der Waals surface area contributed by atoms with Crippen LogP contribution in [0, 0.1) is 0 Å². The predicted molar refractivity (Wildman–Crippen MR) is 71.4 cm³/mol. The van der Waals surface area contributed by atoms with E-state index < -0.39 is 5.91 Å². The van der Waals surface area contributed by atoms with Crippen molar-refractivity contribution in [1.82, 2.24) is 5.43 Å². The molecule has 98 valence electrons. The van der Waals surface area contributed by atoms with E-state index in [-0.39, 0.29) is 5.76 Å². The fraction of sp³-hybridized carbons (Fsp3) is 0.143. The Morgan fingerprint density at radius 1 is 1.37 bits per heavy atom. The van der Waals surface area contributed by atoms with Gasteiger partial charge in [0.05, 0.1) is 19.1 Å². The summed E-state index contributed by atoms with van der Waals surface area (Å²) in [5, 5.41) is 3.88. The Hall–Kier alpha value is -2.56. The fourth-order valence-corrected chi connectivity index (χ4v) is 1.50. The van der Waals surface area contributed by atoms with Crippen LogP contribution in [0.4, 0.5) is 0 Å². The number of amides is 1. The first-order valence-electron chi connectivity index (χ1n) is 5.90. The number of hydrazone groups is 1. The molecular weight excluding hydrogens is 244 g/mol. The van der Waals surface area contributed by atoms with Crippen molar-refractivity contribution in [1.29, 1.82) is 0 Å². The van der Waals surface area contributed by atoms with Gasteiger partial charge in [-0.1, -0.05) is 12.1 Å². The molecule has 1 amide bonds. The zero-order valence-corrected chi connectivity index (χ0v) is 10.5. The molecule has 0 bridgehead atoms. The van der Waals surface area contributed by atoms with E-state index in [2.05, 4.69) is 10.5 Å². The maximum Gasteiger partial charge on any atom is 0.307 e. The summed E-state index contributed by atoms with van der Waals surface area (Å²) in [5.74, 6) is 0.548. The molecule has 0 saturated heterocycles. The summed E-state index contributed by atoms with van der Waals surface area (Å²) in [6.07, 6.45) is 2.97. The van der Waals surface area contributed by atoms with Gasteiger partial charge in [0, 0.05) is 5.56 Å². The Labute approximate surface area is 110 Å². The van der Waals surface area contributed by atoms with Crippen LogP contribution in [0.25, 0.3) is 0 Å². The normalized spacial score (nSPS) is 10.6. The first kappa shape index (κ1) is 12.9. The van der Waals surface area contributed by atoms with Crippen LogP contribution in [0.15, 0.2) is 52.2 Å². The number of rotatable bonds is 5. The van der Waals surface area contributed by atoms with E-state index in [9.17, 15) is 4.79 Å². The molecule has 0 saturated carbocycles. The van der Waals surface area contributed by atoms with E-state index in [1.165, 1.54) is 12.5 Å². The number of carbonyl (C=O) groups is 1. The number of ether oxygens (including phenoxy) is 1. The van der Waals surface area contributed by atoms with Gasteiger partial charge in [-0.05, 0) is 31.2 Å². The molecule has 0 fully saturated rings. The van der Waals surface area contributed by atoms with Crippen LogP contribution < -0.4 is 10.2 Å². The molecular formula is C14H14N2O3. The average Bonchev–Trinajstić information content (AvgIpc) is 2.95. The third kappa shape index (κ3) is 3.45. The van der Waals surface area contributed by atoms with Gasteiger partial charge in [0.25, 0.3) is 0 Å². The zero-order chi connectivity index (χ0) is 13.5. The van der Waals surface area contributed by atoms with E-state index in [0.717, 1.165) is 11.3 Å². The molecule has 0 unspecified atom stereocenters. The van der Waals surface area contributed by atoms with Gasteiger partial charge in [-0.2, -0.15) is 5.10 Å². The van der Waals surface area contributed by atoms with Crippen LogP contribution in [0.5, 0.6) is 5.75 Å². The highest BCUT2D eigenvalue weighted by atomic mass is 16.5. The smallest absolute Gasteiger partial charge is 0.307 e. The monoisotopic (exact) mass is 258 g/mol. The third-order valence-corrected chi connectivity index (χ3v) is 2.33. The summed E-state index contributed by atoms with van der Waals surface area (Å²) < 4.78 is 10.4. The molecule has 2 rings (SSSR count). The van der Waals surface area contributed by atoms with Crippen molar-refractivity contribution in [2.24, 2.45) is 5.10 Å². The molecule has 1 aromatic heterocycles. The van der Waals surface area contributed by atoms with Crippen molar-refractivity contribution in [2.75, 3.05) is 6.61 Å². The second-order valence-electron chi connectivity index (χ2n) is 3.65. The number of hydrogen-bond acceptors (Lipinski definition) is 4. The van der Waals surface area contributed by atoms with Crippen molar-refractivity contribution in [3.05, 3.63) is 54.0 Å². The summed E-state index contributed by atoms with van der Waals surface area (Å²) >= 11 is 0. The van der Waals surface area contributed by atoms with Crippen molar-refractivity contribution in [3.8, 4) is 5.75 Å². The number of benzene rings is 1. The van der Waals surface area contributed by atoms with Gasteiger partial charge in [0.15, 0.2) is 5.76 Å². The average molecular weight is 258 g/mol. The molecule has 5 nitrogen and oxygen atoms in total. The lowest BCUT2D eigenvalue weighted by molar-refractivity contribution is 0.0927. The number of nitrogens with zero attached hydrogens (tertiary/aromatic N) is 1. The van der Waals surface area contributed by atoms with E-state index in [1.54, 1.807) is 12.1 Å². The van der Waals surface area contributed by atoms with Gasteiger partial charge in [-0.3, -0.25) is 4.79 Å². The van der Waals surface area contributed by atoms with Gasteiger partial charge in [-0.25, -0.2) is 5.43 Å². The van der Waals surface area contributed by atoms with E-state index in [1.807, 2.05) is 31.2 Å². The molecule has 19 heavy (non-hydrogen) atoms. The van der Waals surface area contributed by atoms with Gasteiger partial charge in [0.2, 0.25) is 0 Å². The van der Waals surface area contributed by atoms with E-state index in [4.69, 9.17) is 9.15 Å². The van der Waals surface area contributed by atoms with Crippen molar-refractivity contribution >= 4 is 12.1 Å². The zero-order valence-electron chi connectivity index (χ0n) is 10.5. The minimum Gasteiger partial charge on any atom is -0.493 e. The minimum absolute atomic E-state index is 0.218. The first-order valence-corrected chi connectivity index (χ1v) is 5.90. The van der Waals surface area contributed by atoms with Crippen LogP contribution >= 0.6 is 0 Å². The SMILES string of the molecule is CCOc1ccccc1C=NNC(=O)c1ccco1. The molecule has 1 aromatic carbocycles. The Morgan fingerprint density at radius 3 is 2.95 bits per heavy atom. The van der Waals surface area contributed by atoms with Gasteiger partial charge in [0.1, 0.15) is 5.75 Å². The Kier molecular flexibility index (Phi) is 4.34. The lowest BCUT2D eigenvalue weighted by atomic mass is 10.2. The molecule has 0 aliphatic carbocycles. The van der Waals surface area contributed by atoms with E-state index >= 15 is 0 Å². The van der Waals surface area contributed by atoms with Gasteiger partial charge >= 0.3 is 5.91 Å². The molecule has 1 N–H and O–H groups in total. The molecule has 1 heterocycles. The fourth-order valence-electron chi connectivity index (χ4n) is 1.50. The van der Waals surface area contributed by atoms with Crippen LogP contribution in [-0.4, -0.2) is 18.7 Å². The summed E-state index contributed by atoms with van der Waals surface area (Å²) in [4.78, 5) is 11.6. The maximum atomic E-state index is 11.6. The lowest BCUT2D eigenvalue weighted by Crippen LogP contribution is -2.16. The number of para-hydroxylation sites is 1. The van der Waals surface area contributed by atoms with E-state index in [0.29, 0.717) is 6.61 Å². The lowest BCUT2D eigenvalue weighted by Gasteiger charge is -2.05.